The lowest BCUT2D eigenvalue weighted by Gasteiger charge is -2.41. The lowest BCUT2D eigenvalue weighted by molar-refractivity contribution is 0.0822. The SMILES string of the molecule is CN1CC2CN(C(C)(C)NC3CCNCC3)CC2C1. The summed E-state index contributed by atoms with van der Waals surface area (Å²) < 4.78 is 0. The van der Waals surface area contributed by atoms with Crippen molar-refractivity contribution in [2.24, 2.45) is 11.8 Å². The van der Waals surface area contributed by atoms with Gasteiger partial charge in [-0.25, -0.2) is 0 Å². The third-order valence-electron chi connectivity index (χ3n) is 5.36. The monoisotopic (exact) mass is 266 g/mol. The van der Waals surface area contributed by atoms with Crippen molar-refractivity contribution in [1.29, 1.82) is 0 Å². The van der Waals surface area contributed by atoms with Gasteiger partial charge in [-0.15, -0.1) is 0 Å². The average molecular weight is 266 g/mol. The quantitative estimate of drug-likeness (QED) is 0.781. The molecule has 2 N–H and O–H groups in total. The highest BCUT2D eigenvalue weighted by molar-refractivity contribution is 4.97. The van der Waals surface area contributed by atoms with E-state index >= 15 is 0 Å². The van der Waals surface area contributed by atoms with E-state index in [4.69, 9.17) is 0 Å². The normalized spacial score (nSPS) is 34.9. The van der Waals surface area contributed by atoms with Gasteiger partial charge in [0.05, 0.1) is 5.66 Å². The third kappa shape index (κ3) is 2.97. The molecule has 4 nitrogen and oxygen atoms in total. The molecule has 110 valence electrons. The number of hydrogen-bond donors (Lipinski definition) is 2. The molecule has 0 aromatic carbocycles. The standard InChI is InChI=1S/C15H30N4/c1-15(2,17-14-4-6-16-7-5-14)19-10-12-8-18(3)9-13(12)11-19/h12-14,16-17H,4-11H2,1-3H3. The van der Waals surface area contributed by atoms with Gasteiger partial charge in [-0.2, -0.15) is 0 Å². The van der Waals surface area contributed by atoms with Gasteiger partial charge in [-0.05, 0) is 58.7 Å². The summed E-state index contributed by atoms with van der Waals surface area (Å²) in [5.74, 6) is 1.80. The Bertz CT molecular complexity index is 297. The van der Waals surface area contributed by atoms with Gasteiger partial charge < -0.3 is 10.2 Å². The fraction of sp³-hybridized carbons (Fsp3) is 1.00. The first-order chi connectivity index (χ1) is 9.04. The summed E-state index contributed by atoms with van der Waals surface area (Å²) in [5.41, 5.74) is 0.158. The lowest BCUT2D eigenvalue weighted by Crippen LogP contribution is -2.59. The lowest BCUT2D eigenvalue weighted by atomic mass is 10.0. The van der Waals surface area contributed by atoms with Gasteiger partial charge in [0.2, 0.25) is 0 Å². The highest BCUT2D eigenvalue weighted by atomic mass is 15.3. The molecule has 0 saturated carbocycles. The molecule has 3 aliphatic heterocycles. The number of nitrogens with one attached hydrogen (secondary N) is 2. The number of rotatable bonds is 3. The van der Waals surface area contributed by atoms with Crippen LogP contribution in [0.3, 0.4) is 0 Å². The summed E-state index contributed by atoms with van der Waals surface area (Å²) in [4.78, 5) is 5.19. The van der Waals surface area contributed by atoms with Gasteiger partial charge >= 0.3 is 0 Å². The smallest absolute Gasteiger partial charge is 0.0656 e. The molecular weight excluding hydrogens is 236 g/mol. The molecule has 0 radical (unpaired) electrons. The number of hydrogen-bond acceptors (Lipinski definition) is 4. The molecule has 4 heteroatoms. The molecule has 0 spiro atoms. The zero-order valence-electron chi connectivity index (χ0n) is 12.8. The van der Waals surface area contributed by atoms with Crippen LogP contribution in [-0.4, -0.2) is 67.8 Å². The van der Waals surface area contributed by atoms with Gasteiger partial charge in [0.25, 0.3) is 0 Å². The van der Waals surface area contributed by atoms with Crippen LogP contribution in [0.4, 0.5) is 0 Å². The van der Waals surface area contributed by atoms with E-state index in [1.165, 1.54) is 52.1 Å². The Morgan fingerprint density at radius 1 is 1.00 bits per heavy atom. The second kappa shape index (κ2) is 5.32. The maximum Gasteiger partial charge on any atom is 0.0656 e. The van der Waals surface area contributed by atoms with Crippen molar-refractivity contribution in [3.8, 4) is 0 Å². The largest absolute Gasteiger partial charge is 0.317 e. The first kappa shape index (κ1) is 13.8. The minimum absolute atomic E-state index is 0.158. The first-order valence-corrected chi connectivity index (χ1v) is 7.96. The molecular formula is C15H30N4. The Hall–Kier alpha value is -0.160. The Labute approximate surface area is 117 Å². The summed E-state index contributed by atoms with van der Waals surface area (Å²) in [5, 5.41) is 7.36. The molecule has 3 saturated heterocycles. The van der Waals surface area contributed by atoms with Gasteiger partial charge in [-0.3, -0.25) is 10.2 Å². The van der Waals surface area contributed by atoms with E-state index in [0.717, 1.165) is 11.8 Å². The Morgan fingerprint density at radius 2 is 1.58 bits per heavy atom. The van der Waals surface area contributed by atoms with E-state index in [1.54, 1.807) is 0 Å². The Kier molecular flexibility index (Phi) is 3.87. The van der Waals surface area contributed by atoms with E-state index in [2.05, 4.69) is 41.3 Å². The third-order valence-corrected chi connectivity index (χ3v) is 5.36. The molecule has 3 fully saturated rings. The highest BCUT2D eigenvalue weighted by Gasteiger charge is 2.43. The predicted octanol–water partition coefficient (Wildman–Crippen LogP) is 0.558. The number of likely N-dealkylation sites (tertiary alicyclic amines) is 2. The maximum absolute atomic E-state index is 3.91. The van der Waals surface area contributed by atoms with E-state index in [-0.39, 0.29) is 5.66 Å². The molecule has 3 aliphatic rings. The Balaban J connectivity index is 1.56. The topological polar surface area (TPSA) is 30.5 Å². The van der Waals surface area contributed by atoms with Crippen molar-refractivity contribution in [2.75, 3.05) is 46.3 Å². The second-order valence-electron chi connectivity index (χ2n) is 7.37. The van der Waals surface area contributed by atoms with Crippen LogP contribution in [-0.2, 0) is 0 Å². The molecule has 2 atom stereocenters. The minimum Gasteiger partial charge on any atom is -0.317 e. The van der Waals surface area contributed by atoms with Crippen LogP contribution in [0.15, 0.2) is 0 Å². The van der Waals surface area contributed by atoms with Crippen LogP contribution < -0.4 is 10.6 Å². The van der Waals surface area contributed by atoms with Gasteiger partial charge in [-0.1, -0.05) is 0 Å². The second-order valence-corrected chi connectivity index (χ2v) is 7.37. The van der Waals surface area contributed by atoms with Crippen LogP contribution >= 0.6 is 0 Å². The van der Waals surface area contributed by atoms with Crippen molar-refractivity contribution in [1.82, 2.24) is 20.4 Å². The summed E-state index contributed by atoms with van der Waals surface area (Å²) in [7, 11) is 2.26. The number of nitrogens with zero attached hydrogens (tertiary/aromatic N) is 2. The number of fused-ring (bicyclic) bond motifs is 1. The van der Waals surface area contributed by atoms with Crippen LogP contribution in [0.25, 0.3) is 0 Å². The van der Waals surface area contributed by atoms with Crippen LogP contribution in [0.2, 0.25) is 0 Å². The molecule has 0 aromatic rings. The maximum atomic E-state index is 3.91. The molecule has 3 rings (SSSR count). The van der Waals surface area contributed by atoms with Crippen molar-refractivity contribution >= 4 is 0 Å². The summed E-state index contributed by atoms with van der Waals surface area (Å²) in [6.45, 7) is 12.2. The predicted molar refractivity (Wildman–Crippen MR) is 79.2 cm³/mol. The van der Waals surface area contributed by atoms with E-state index < -0.39 is 0 Å². The number of piperidine rings is 1. The van der Waals surface area contributed by atoms with Crippen LogP contribution in [0, 0.1) is 11.8 Å². The van der Waals surface area contributed by atoms with Crippen molar-refractivity contribution in [3.63, 3.8) is 0 Å². The highest BCUT2D eigenvalue weighted by Crippen LogP contribution is 2.33. The fourth-order valence-corrected chi connectivity index (χ4v) is 4.24. The molecule has 0 aromatic heterocycles. The Morgan fingerprint density at radius 3 is 2.16 bits per heavy atom. The van der Waals surface area contributed by atoms with Crippen LogP contribution in [0.5, 0.6) is 0 Å². The first-order valence-electron chi connectivity index (χ1n) is 7.96. The minimum atomic E-state index is 0.158. The van der Waals surface area contributed by atoms with E-state index in [9.17, 15) is 0 Å². The zero-order valence-corrected chi connectivity index (χ0v) is 12.8. The van der Waals surface area contributed by atoms with Gasteiger partial charge in [0.15, 0.2) is 0 Å². The molecule has 3 heterocycles. The molecule has 19 heavy (non-hydrogen) atoms. The van der Waals surface area contributed by atoms with Crippen LogP contribution in [0.1, 0.15) is 26.7 Å². The van der Waals surface area contributed by atoms with Gasteiger partial charge in [0, 0.05) is 32.2 Å². The molecule has 0 amide bonds. The van der Waals surface area contributed by atoms with Crippen molar-refractivity contribution in [3.05, 3.63) is 0 Å². The fourth-order valence-electron chi connectivity index (χ4n) is 4.24. The molecule has 0 bridgehead atoms. The van der Waals surface area contributed by atoms with Gasteiger partial charge in [0.1, 0.15) is 0 Å². The zero-order chi connectivity index (χ0) is 13.5. The van der Waals surface area contributed by atoms with Crippen molar-refractivity contribution in [2.45, 2.75) is 38.4 Å². The summed E-state index contributed by atoms with van der Waals surface area (Å²) in [6.07, 6.45) is 2.54. The summed E-state index contributed by atoms with van der Waals surface area (Å²) in [6, 6.07) is 0.694. The average Bonchev–Trinajstić information content (AvgIpc) is 2.87. The molecule has 0 aliphatic carbocycles. The van der Waals surface area contributed by atoms with Crippen molar-refractivity contribution < 1.29 is 0 Å². The van der Waals surface area contributed by atoms with E-state index in [1.807, 2.05) is 0 Å². The molecule has 2 unspecified atom stereocenters. The summed E-state index contributed by atoms with van der Waals surface area (Å²) >= 11 is 0. The van der Waals surface area contributed by atoms with E-state index in [0.29, 0.717) is 6.04 Å².